The molecule has 0 unspecified atom stereocenters. The Kier molecular flexibility index (Phi) is 2.27. The van der Waals surface area contributed by atoms with Crippen LogP contribution in [0.25, 0.3) is 0 Å². The van der Waals surface area contributed by atoms with Crippen molar-refractivity contribution in [2.75, 3.05) is 13.7 Å². The van der Waals surface area contributed by atoms with Crippen molar-refractivity contribution in [2.24, 2.45) is 0 Å². The van der Waals surface area contributed by atoms with Crippen LogP contribution in [-0.4, -0.2) is 36.3 Å². The van der Waals surface area contributed by atoms with E-state index < -0.39 is 0 Å². The lowest BCUT2D eigenvalue weighted by molar-refractivity contribution is -0.126. The van der Waals surface area contributed by atoms with E-state index in [-0.39, 0.29) is 23.5 Å². The van der Waals surface area contributed by atoms with E-state index in [2.05, 4.69) is 0 Å². The van der Waals surface area contributed by atoms with Crippen LogP contribution in [0.3, 0.4) is 0 Å². The predicted molar refractivity (Wildman–Crippen MR) is 49.5 cm³/mol. The van der Waals surface area contributed by atoms with E-state index in [0.717, 1.165) is 19.4 Å². The molecule has 1 saturated heterocycles. The Labute approximate surface area is 82.5 Å². The van der Waals surface area contributed by atoms with Crippen molar-refractivity contribution in [3.63, 3.8) is 0 Å². The Morgan fingerprint density at radius 1 is 1.50 bits per heavy atom. The zero-order valence-corrected chi connectivity index (χ0v) is 8.16. The Hall–Kier alpha value is -1.32. The van der Waals surface area contributed by atoms with Crippen LogP contribution in [-0.2, 0) is 14.3 Å². The Balaban J connectivity index is 2.27. The quantitative estimate of drug-likeness (QED) is 0.611. The van der Waals surface area contributed by atoms with E-state index in [1.54, 1.807) is 4.90 Å². The van der Waals surface area contributed by atoms with E-state index in [1.165, 1.54) is 13.2 Å². The number of ketones is 1. The average molecular weight is 195 g/mol. The second-order valence-corrected chi connectivity index (χ2v) is 3.67. The largest absolute Gasteiger partial charge is 0.493 e. The summed E-state index contributed by atoms with van der Waals surface area (Å²) in [6.45, 7) is 0.768. The van der Waals surface area contributed by atoms with Crippen LogP contribution in [0.2, 0.25) is 0 Å². The average Bonchev–Trinajstić information content (AvgIpc) is 2.57. The van der Waals surface area contributed by atoms with Gasteiger partial charge in [-0.2, -0.15) is 0 Å². The van der Waals surface area contributed by atoms with Crippen molar-refractivity contribution in [1.82, 2.24) is 4.90 Å². The minimum absolute atomic E-state index is 0.0600. The number of amides is 1. The minimum atomic E-state index is -0.0878. The summed E-state index contributed by atoms with van der Waals surface area (Å²) in [6.07, 6.45) is 3.65. The molecule has 0 aliphatic carbocycles. The summed E-state index contributed by atoms with van der Waals surface area (Å²) in [4.78, 5) is 25.0. The minimum Gasteiger partial charge on any atom is -0.493 e. The maximum atomic E-state index is 11.6. The van der Waals surface area contributed by atoms with Gasteiger partial charge in [-0.25, -0.2) is 0 Å². The van der Waals surface area contributed by atoms with Gasteiger partial charge in [0.25, 0.3) is 5.91 Å². The smallest absolute Gasteiger partial charge is 0.250 e. The molecule has 0 aromatic heterocycles. The number of hydrogen-bond donors (Lipinski definition) is 0. The van der Waals surface area contributed by atoms with Gasteiger partial charge in [0, 0.05) is 25.1 Å². The fraction of sp³-hybridized carbons (Fsp3) is 0.600. The summed E-state index contributed by atoms with van der Waals surface area (Å²) in [6, 6.07) is 0.0962. The molecule has 0 aromatic rings. The lowest BCUT2D eigenvalue weighted by atomic mass is 10.1. The molecule has 1 atom stereocenters. The highest BCUT2D eigenvalue weighted by atomic mass is 16.5. The van der Waals surface area contributed by atoms with E-state index in [1.807, 2.05) is 0 Å². The normalized spacial score (nSPS) is 27.1. The van der Waals surface area contributed by atoms with Crippen molar-refractivity contribution in [3.8, 4) is 0 Å². The first-order chi connectivity index (χ1) is 6.72. The molecular formula is C10H13NO3. The van der Waals surface area contributed by atoms with Gasteiger partial charge in [0.2, 0.25) is 0 Å². The molecule has 1 amide bonds. The molecule has 2 aliphatic rings. The summed E-state index contributed by atoms with van der Waals surface area (Å²) in [5.41, 5.74) is 0. The lowest BCUT2D eigenvalue weighted by Gasteiger charge is -2.19. The number of methoxy groups -OCH3 is 1. The van der Waals surface area contributed by atoms with E-state index in [0.29, 0.717) is 6.42 Å². The van der Waals surface area contributed by atoms with Gasteiger partial charge in [-0.15, -0.1) is 0 Å². The van der Waals surface area contributed by atoms with E-state index >= 15 is 0 Å². The van der Waals surface area contributed by atoms with Gasteiger partial charge in [-0.1, -0.05) is 0 Å². The lowest BCUT2D eigenvalue weighted by Crippen LogP contribution is -2.33. The van der Waals surface area contributed by atoms with Crippen molar-refractivity contribution in [3.05, 3.63) is 11.8 Å². The second kappa shape index (κ2) is 3.44. The fourth-order valence-electron chi connectivity index (χ4n) is 2.10. The molecule has 1 fully saturated rings. The van der Waals surface area contributed by atoms with Crippen LogP contribution in [0.1, 0.15) is 19.3 Å². The first-order valence-electron chi connectivity index (χ1n) is 4.82. The van der Waals surface area contributed by atoms with Gasteiger partial charge < -0.3 is 9.64 Å². The number of fused-ring (bicyclic) bond motifs is 1. The van der Waals surface area contributed by atoms with E-state index in [9.17, 15) is 9.59 Å². The van der Waals surface area contributed by atoms with E-state index in [4.69, 9.17) is 4.74 Å². The maximum absolute atomic E-state index is 11.6. The van der Waals surface area contributed by atoms with Gasteiger partial charge in [0.15, 0.2) is 11.5 Å². The first-order valence-corrected chi connectivity index (χ1v) is 4.82. The third-order valence-corrected chi connectivity index (χ3v) is 2.83. The number of nitrogens with zero attached hydrogens (tertiary/aromatic N) is 1. The molecule has 0 aromatic carbocycles. The van der Waals surface area contributed by atoms with Crippen molar-refractivity contribution in [1.29, 1.82) is 0 Å². The van der Waals surface area contributed by atoms with Crippen LogP contribution in [0.5, 0.6) is 0 Å². The Bertz CT molecular complexity index is 308. The van der Waals surface area contributed by atoms with Gasteiger partial charge in [-0.3, -0.25) is 9.59 Å². The van der Waals surface area contributed by atoms with Crippen LogP contribution in [0.4, 0.5) is 0 Å². The molecule has 14 heavy (non-hydrogen) atoms. The van der Waals surface area contributed by atoms with Gasteiger partial charge in [-0.05, 0) is 12.8 Å². The van der Waals surface area contributed by atoms with Gasteiger partial charge >= 0.3 is 0 Å². The maximum Gasteiger partial charge on any atom is 0.250 e. The Morgan fingerprint density at radius 2 is 2.29 bits per heavy atom. The summed E-state index contributed by atoms with van der Waals surface area (Å²) >= 11 is 0. The van der Waals surface area contributed by atoms with Crippen LogP contribution >= 0.6 is 0 Å². The van der Waals surface area contributed by atoms with Crippen molar-refractivity contribution >= 4 is 11.7 Å². The molecule has 4 heteroatoms. The molecule has 0 radical (unpaired) electrons. The predicted octanol–water partition coefficient (Wildman–Crippen LogP) is 0.480. The van der Waals surface area contributed by atoms with Gasteiger partial charge in [0.1, 0.15) is 0 Å². The highest BCUT2D eigenvalue weighted by molar-refractivity contribution is 6.03. The number of ether oxygens (including phenoxy) is 1. The molecule has 2 aliphatic heterocycles. The number of carbonyl (C=O) groups excluding carboxylic acids is 2. The zero-order chi connectivity index (χ0) is 10.1. The third kappa shape index (κ3) is 1.41. The molecule has 0 N–H and O–H groups in total. The van der Waals surface area contributed by atoms with Gasteiger partial charge in [0.05, 0.1) is 7.11 Å². The monoisotopic (exact) mass is 195 g/mol. The SMILES string of the molecule is COC1=CC(=O)N2CCC[C@@H]2CC1=O. The number of Topliss-reactive ketones (excluding diaryl/α,β-unsaturated/α-hetero) is 1. The molecule has 4 nitrogen and oxygen atoms in total. The molecular weight excluding hydrogens is 182 g/mol. The molecule has 2 heterocycles. The molecule has 0 spiro atoms. The van der Waals surface area contributed by atoms with Crippen LogP contribution < -0.4 is 0 Å². The molecule has 0 saturated carbocycles. The first kappa shape index (κ1) is 9.24. The molecule has 2 rings (SSSR count). The molecule has 76 valence electrons. The standard InChI is InChI=1S/C10H13NO3/c1-14-9-6-10(13)11-4-2-3-7(11)5-8(9)12/h6-7H,2-5H2,1H3/t7-/m1/s1. The van der Waals surface area contributed by atoms with Crippen LogP contribution in [0, 0.1) is 0 Å². The number of allylic oxidation sites excluding steroid dienone is 1. The number of carbonyl (C=O) groups is 2. The zero-order valence-electron chi connectivity index (χ0n) is 8.16. The fourth-order valence-corrected chi connectivity index (χ4v) is 2.10. The van der Waals surface area contributed by atoms with Crippen molar-refractivity contribution in [2.45, 2.75) is 25.3 Å². The number of rotatable bonds is 1. The highest BCUT2D eigenvalue weighted by Gasteiger charge is 2.33. The summed E-state index contributed by atoms with van der Waals surface area (Å²) in [5, 5.41) is 0. The van der Waals surface area contributed by atoms with Crippen molar-refractivity contribution < 1.29 is 14.3 Å². The summed E-state index contributed by atoms with van der Waals surface area (Å²) in [5.74, 6) is 0.0508. The second-order valence-electron chi connectivity index (χ2n) is 3.67. The summed E-state index contributed by atoms with van der Waals surface area (Å²) in [7, 11) is 1.42. The highest BCUT2D eigenvalue weighted by Crippen LogP contribution is 2.25. The summed E-state index contributed by atoms with van der Waals surface area (Å²) < 4.78 is 4.88. The van der Waals surface area contributed by atoms with Crippen LogP contribution in [0.15, 0.2) is 11.8 Å². The molecule has 0 bridgehead atoms. The Morgan fingerprint density at radius 3 is 3.00 bits per heavy atom. The topological polar surface area (TPSA) is 46.6 Å². The third-order valence-electron chi connectivity index (χ3n) is 2.83. The number of hydrogen-bond acceptors (Lipinski definition) is 3.